The van der Waals surface area contributed by atoms with Gasteiger partial charge in [0.25, 0.3) is 0 Å². The highest BCUT2D eigenvalue weighted by atomic mass is 19.1. The van der Waals surface area contributed by atoms with Crippen LogP contribution in [0.25, 0.3) is 0 Å². The summed E-state index contributed by atoms with van der Waals surface area (Å²) in [6, 6.07) is 6.18. The molecule has 2 saturated carbocycles. The monoisotopic (exact) mass is 429 g/mol. The molecule has 2 saturated heterocycles. The van der Waals surface area contributed by atoms with E-state index in [4.69, 9.17) is 4.74 Å². The lowest BCUT2D eigenvalue weighted by Crippen LogP contribution is -2.49. The molecule has 2 heterocycles. The van der Waals surface area contributed by atoms with Crippen molar-refractivity contribution in [1.82, 2.24) is 14.7 Å². The molecular weight excluding hydrogens is 397 g/mol. The molecule has 2 aliphatic heterocycles. The van der Waals surface area contributed by atoms with Crippen LogP contribution in [0.1, 0.15) is 44.9 Å². The number of halogens is 1. The first-order valence-corrected chi connectivity index (χ1v) is 11.8. The molecule has 168 valence electrons. The second kappa shape index (κ2) is 8.77. The maximum Gasteiger partial charge on any atom is 0.245 e. The molecule has 5 rings (SSSR count). The van der Waals surface area contributed by atoms with E-state index >= 15 is 0 Å². The Bertz CT molecular complexity index is 809. The molecule has 31 heavy (non-hydrogen) atoms. The summed E-state index contributed by atoms with van der Waals surface area (Å²) in [6.07, 6.45) is 6.95. The second-order valence-electron chi connectivity index (χ2n) is 9.51. The first kappa shape index (κ1) is 20.7. The van der Waals surface area contributed by atoms with Crippen LogP contribution in [0.4, 0.5) is 4.39 Å². The van der Waals surface area contributed by atoms with E-state index in [9.17, 15) is 14.0 Å². The lowest BCUT2D eigenvalue weighted by Gasteiger charge is -2.37. The van der Waals surface area contributed by atoms with E-state index in [1.54, 1.807) is 17.0 Å². The van der Waals surface area contributed by atoms with Gasteiger partial charge in [0.2, 0.25) is 11.8 Å². The summed E-state index contributed by atoms with van der Waals surface area (Å²) in [5, 5.41) is 0. The van der Waals surface area contributed by atoms with E-state index in [2.05, 4.69) is 4.90 Å². The third-order valence-electron chi connectivity index (χ3n) is 7.31. The van der Waals surface area contributed by atoms with Gasteiger partial charge in [0.1, 0.15) is 23.7 Å². The highest BCUT2D eigenvalue weighted by Gasteiger charge is 2.46. The molecule has 0 bridgehead atoms. The molecule has 6 nitrogen and oxygen atoms in total. The van der Waals surface area contributed by atoms with Crippen molar-refractivity contribution in [3.05, 3.63) is 30.1 Å². The summed E-state index contributed by atoms with van der Waals surface area (Å²) in [7, 11) is 0. The number of ether oxygens (including phenoxy) is 1. The zero-order chi connectivity index (χ0) is 21.4. The van der Waals surface area contributed by atoms with E-state index < -0.39 is 6.04 Å². The normalized spacial score (nSPS) is 27.6. The van der Waals surface area contributed by atoms with Gasteiger partial charge in [-0.1, -0.05) is 6.42 Å². The van der Waals surface area contributed by atoms with Gasteiger partial charge in [-0.05, 0) is 56.4 Å². The zero-order valence-electron chi connectivity index (χ0n) is 18.0. The Morgan fingerprint density at radius 1 is 0.903 bits per heavy atom. The van der Waals surface area contributed by atoms with Crippen molar-refractivity contribution in [2.75, 3.05) is 32.7 Å². The number of amides is 2. The summed E-state index contributed by atoms with van der Waals surface area (Å²) < 4.78 is 19.2. The molecule has 1 aromatic rings. The maximum atomic E-state index is 13.5. The standard InChI is InChI=1S/C24H32FN3O3/c25-18-7-9-20(10-8-18)31-21-15-22(28(16-21)23(29)17-5-6-17)24(30)27-12-2-11-26(13-14-27)19-3-1-4-19/h7-10,17,19,21-22H,1-6,11-16H2/t21-,22+/m0/s1. The van der Waals surface area contributed by atoms with Crippen LogP contribution in [0, 0.1) is 11.7 Å². The van der Waals surface area contributed by atoms with Crippen LogP contribution in [0.15, 0.2) is 24.3 Å². The predicted octanol–water partition coefficient (Wildman–Crippen LogP) is 2.67. The number of carbonyl (C=O) groups excluding carboxylic acids is 2. The minimum atomic E-state index is -0.450. The molecule has 7 heteroatoms. The van der Waals surface area contributed by atoms with Crippen LogP contribution < -0.4 is 4.74 Å². The van der Waals surface area contributed by atoms with Gasteiger partial charge in [-0.15, -0.1) is 0 Å². The zero-order valence-corrected chi connectivity index (χ0v) is 18.0. The van der Waals surface area contributed by atoms with Gasteiger partial charge in [-0.2, -0.15) is 0 Å². The van der Waals surface area contributed by atoms with E-state index in [1.807, 2.05) is 4.90 Å². The van der Waals surface area contributed by atoms with Gasteiger partial charge in [0, 0.05) is 44.6 Å². The van der Waals surface area contributed by atoms with E-state index in [-0.39, 0.29) is 29.7 Å². The Balaban J connectivity index is 1.26. The molecule has 2 aliphatic carbocycles. The molecule has 2 atom stereocenters. The van der Waals surface area contributed by atoms with Gasteiger partial charge in [-0.25, -0.2) is 4.39 Å². The highest BCUT2D eigenvalue weighted by Crippen LogP contribution is 2.35. The van der Waals surface area contributed by atoms with Crippen molar-refractivity contribution >= 4 is 11.8 Å². The smallest absolute Gasteiger partial charge is 0.245 e. The molecular formula is C24H32FN3O3. The molecule has 4 aliphatic rings. The Kier molecular flexibility index (Phi) is 5.87. The van der Waals surface area contributed by atoms with E-state index in [1.165, 1.54) is 31.4 Å². The SMILES string of the molecule is O=C([C@H]1C[C@H](Oc2ccc(F)cc2)CN1C(=O)C1CC1)N1CCCN(C2CCC2)CC1. The van der Waals surface area contributed by atoms with E-state index in [0.717, 1.165) is 45.4 Å². The summed E-state index contributed by atoms with van der Waals surface area (Å²) in [6.45, 7) is 3.90. The quantitative estimate of drug-likeness (QED) is 0.722. The van der Waals surface area contributed by atoms with Gasteiger partial charge in [0.15, 0.2) is 0 Å². The summed E-state index contributed by atoms with van der Waals surface area (Å²) >= 11 is 0. The predicted molar refractivity (Wildman–Crippen MR) is 114 cm³/mol. The Labute approximate surface area is 183 Å². The van der Waals surface area contributed by atoms with E-state index in [0.29, 0.717) is 24.8 Å². The van der Waals surface area contributed by atoms with Gasteiger partial charge in [-0.3, -0.25) is 14.5 Å². The van der Waals surface area contributed by atoms with Crippen LogP contribution in [-0.2, 0) is 9.59 Å². The summed E-state index contributed by atoms with van der Waals surface area (Å²) in [5.74, 6) is 0.487. The van der Waals surface area contributed by atoms with Crippen molar-refractivity contribution in [2.45, 2.75) is 63.1 Å². The minimum Gasteiger partial charge on any atom is -0.488 e. The molecule has 1 aromatic carbocycles. The molecule has 0 radical (unpaired) electrons. The number of rotatable bonds is 5. The fraction of sp³-hybridized carbons (Fsp3) is 0.667. The summed E-state index contributed by atoms with van der Waals surface area (Å²) in [4.78, 5) is 32.7. The van der Waals surface area contributed by atoms with Crippen molar-refractivity contribution in [3.63, 3.8) is 0 Å². The van der Waals surface area contributed by atoms with Crippen LogP contribution >= 0.6 is 0 Å². The average Bonchev–Trinajstić information content (AvgIpc) is 3.52. The number of likely N-dealkylation sites (tertiary alicyclic amines) is 1. The van der Waals surface area contributed by atoms with Crippen LogP contribution in [0.3, 0.4) is 0 Å². The largest absolute Gasteiger partial charge is 0.488 e. The van der Waals surface area contributed by atoms with Crippen LogP contribution in [0.2, 0.25) is 0 Å². The fourth-order valence-electron chi connectivity index (χ4n) is 5.12. The summed E-state index contributed by atoms with van der Waals surface area (Å²) in [5.41, 5.74) is 0. The van der Waals surface area contributed by atoms with Crippen molar-refractivity contribution in [3.8, 4) is 5.75 Å². The van der Waals surface area contributed by atoms with Gasteiger partial charge in [0.05, 0.1) is 6.54 Å². The third kappa shape index (κ3) is 4.56. The molecule has 0 spiro atoms. The molecule has 0 aromatic heterocycles. The highest BCUT2D eigenvalue weighted by molar-refractivity contribution is 5.90. The number of carbonyl (C=O) groups is 2. The number of benzene rings is 1. The number of hydrogen-bond donors (Lipinski definition) is 0. The topological polar surface area (TPSA) is 53.1 Å². The van der Waals surface area contributed by atoms with Crippen molar-refractivity contribution in [1.29, 1.82) is 0 Å². The Hall–Kier alpha value is -2.15. The van der Waals surface area contributed by atoms with Crippen LogP contribution in [0.5, 0.6) is 5.75 Å². The fourth-order valence-corrected chi connectivity index (χ4v) is 5.12. The lowest BCUT2D eigenvalue weighted by atomic mass is 9.91. The molecule has 4 fully saturated rings. The average molecular weight is 430 g/mol. The third-order valence-corrected chi connectivity index (χ3v) is 7.31. The Morgan fingerprint density at radius 2 is 1.68 bits per heavy atom. The minimum absolute atomic E-state index is 0.0645. The first-order valence-electron chi connectivity index (χ1n) is 11.8. The maximum absolute atomic E-state index is 13.5. The molecule has 2 amide bonds. The van der Waals surface area contributed by atoms with Gasteiger partial charge < -0.3 is 14.5 Å². The second-order valence-corrected chi connectivity index (χ2v) is 9.51. The molecule has 0 unspecified atom stereocenters. The van der Waals surface area contributed by atoms with Crippen LogP contribution in [-0.4, -0.2) is 77.4 Å². The first-order chi connectivity index (χ1) is 15.1. The van der Waals surface area contributed by atoms with Gasteiger partial charge >= 0.3 is 0 Å². The number of nitrogens with zero attached hydrogens (tertiary/aromatic N) is 3. The Morgan fingerprint density at radius 3 is 2.35 bits per heavy atom. The molecule has 0 N–H and O–H groups in total. The lowest BCUT2D eigenvalue weighted by molar-refractivity contribution is -0.144. The van der Waals surface area contributed by atoms with Crippen molar-refractivity contribution < 1.29 is 18.7 Å². The van der Waals surface area contributed by atoms with Crippen molar-refractivity contribution in [2.24, 2.45) is 5.92 Å². The number of hydrogen-bond acceptors (Lipinski definition) is 4.